The van der Waals surface area contributed by atoms with Crippen molar-refractivity contribution >= 4 is 10.0 Å². The summed E-state index contributed by atoms with van der Waals surface area (Å²) in [6, 6.07) is 1.34. The molecule has 2 N–H and O–H groups in total. The molecule has 8 heteroatoms. The summed E-state index contributed by atoms with van der Waals surface area (Å²) < 4.78 is 56.8. The lowest BCUT2D eigenvalue weighted by molar-refractivity contribution is 0.158. The number of hydrogen-bond acceptors (Lipinski definition) is 4. The Bertz CT molecular complexity index is 495. The second kappa shape index (κ2) is 6.90. The third-order valence-electron chi connectivity index (χ3n) is 2.31. The largest absolute Gasteiger partial charge is 0.396 e. The molecule has 1 aromatic carbocycles. The van der Waals surface area contributed by atoms with Gasteiger partial charge in [-0.3, -0.25) is 0 Å². The van der Waals surface area contributed by atoms with E-state index >= 15 is 0 Å². The van der Waals surface area contributed by atoms with Gasteiger partial charge < -0.3 is 9.84 Å². The molecular formula is C11H15F2NO4S. The van der Waals surface area contributed by atoms with Crippen molar-refractivity contribution in [3.63, 3.8) is 0 Å². The molecule has 1 atom stereocenters. The fraction of sp³-hybridized carbons (Fsp3) is 0.455. The van der Waals surface area contributed by atoms with Gasteiger partial charge in [0.2, 0.25) is 10.0 Å². The molecule has 1 aromatic rings. The van der Waals surface area contributed by atoms with Crippen molar-refractivity contribution in [3.8, 4) is 0 Å². The van der Waals surface area contributed by atoms with Crippen LogP contribution in [0.3, 0.4) is 0 Å². The van der Waals surface area contributed by atoms with Crippen LogP contribution in [0.1, 0.15) is 6.42 Å². The maximum atomic E-state index is 13.0. The van der Waals surface area contributed by atoms with Crippen LogP contribution in [0, 0.1) is 11.6 Å². The van der Waals surface area contributed by atoms with Crippen LogP contribution >= 0.6 is 0 Å². The number of sulfonamides is 1. The zero-order valence-corrected chi connectivity index (χ0v) is 11.1. The number of aliphatic hydroxyl groups is 1. The number of ether oxygens (including phenoxy) is 1. The first-order valence-electron chi connectivity index (χ1n) is 5.47. The minimum absolute atomic E-state index is 0.0393. The van der Waals surface area contributed by atoms with Crippen molar-refractivity contribution in [3.05, 3.63) is 29.8 Å². The van der Waals surface area contributed by atoms with Crippen molar-refractivity contribution < 1.29 is 27.0 Å². The van der Waals surface area contributed by atoms with Crippen LogP contribution in [0.15, 0.2) is 23.1 Å². The Morgan fingerprint density at radius 3 is 2.37 bits per heavy atom. The number of rotatable bonds is 7. The molecule has 0 heterocycles. The average Bonchev–Trinajstić information content (AvgIpc) is 2.27. The minimum Gasteiger partial charge on any atom is -0.396 e. The molecule has 0 fully saturated rings. The van der Waals surface area contributed by atoms with Crippen molar-refractivity contribution in [2.24, 2.45) is 0 Å². The topological polar surface area (TPSA) is 75.6 Å². The van der Waals surface area contributed by atoms with Crippen molar-refractivity contribution in [1.29, 1.82) is 0 Å². The molecule has 0 radical (unpaired) electrons. The summed E-state index contributed by atoms with van der Waals surface area (Å²) in [7, 11) is -2.69. The fourth-order valence-corrected chi connectivity index (χ4v) is 2.80. The first-order valence-corrected chi connectivity index (χ1v) is 6.95. The summed E-state index contributed by atoms with van der Waals surface area (Å²) in [5, 5.41) is 8.81. The van der Waals surface area contributed by atoms with E-state index in [1.54, 1.807) is 0 Å². The van der Waals surface area contributed by atoms with Gasteiger partial charge in [-0.15, -0.1) is 0 Å². The molecule has 0 aliphatic carbocycles. The lowest BCUT2D eigenvalue weighted by atomic mass is 10.2. The number of aliphatic hydroxyl groups excluding tert-OH is 1. The molecule has 1 unspecified atom stereocenters. The molecule has 5 nitrogen and oxygen atoms in total. The van der Waals surface area contributed by atoms with Crippen LogP contribution < -0.4 is 4.72 Å². The number of benzene rings is 1. The van der Waals surface area contributed by atoms with E-state index in [1.807, 2.05) is 0 Å². The highest BCUT2D eigenvalue weighted by atomic mass is 32.2. The summed E-state index contributed by atoms with van der Waals surface area (Å²) in [6.07, 6.45) is 0.130. The van der Waals surface area contributed by atoms with Crippen LogP contribution in [-0.4, -0.2) is 39.9 Å². The average molecular weight is 295 g/mol. The van der Waals surface area contributed by atoms with Gasteiger partial charge in [-0.05, 0) is 18.6 Å². The van der Waals surface area contributed by atoms with E-state index in [0.29, 0.717) is 18.2 Å². The summed E-state index contributed by atoms with van der Waals surface area (Å²) in [5.41, 5.74) is 0. The van der Waals surface area contributed by atoms with E-state index < -0.39 is 32.6 Å². The Balaban J connectivity index is 2.95. The molecule has 0 saturated heterocycles. The molecule has 0 spiro atoms. The molecule has 0 amide bonds. The summed E-state index contributed by atoms with van der Waals surface area (Å²) >= 11 is 0. The summed E-state index contributed by atoms with van der Waals surface area (Å²) in [4.78, 5) is -0.510. The standard InChI is InChI=1S/C11H15F2NO4S/c1-18-7-10(2-3-15)14-19(16,17)11-5-8(12)4-9(13)6-11/h4-6,10,14-15H,2-3,7H2,1H3. The Hall–Kier alpha value is -1.09. The molecule has 0 saturated carbocycles. The highest BCUT2D eigenvalue weighted by molar-refractivity contribution is 7.89. The molecule has 108 valence electrons. The predicted molar refractivity (Wildman–Crippen MR) is 64.0 cm³/mol. The summed E-state index contributed by atoms with van der Waals surface area (Å²) in [6.45, 7) is -0.203. The third kappa shape index (κ3) is 4.83. The first kappa shape index (κ1) is 16.0. The highest BCUT2D eigenvalue weighted by Gasteiger charge is 2.21. The van der Waals surface area contributed by atoms with Crippen molar-refractivity contribution in [1.82, 2.24) is 4.72 Å². The normalized spacial score (nSPS) is 13.5. The fourth-order valence-electron chi connectivity index (χ4n) is 1.50. The second-order valence-corrected chi connectivity index (χ2v) is 5.60. The maximum Gasteiger partial charge on any atom is 0.241 e. The molecular weight excluding hydrogens is 280 g/mol. The lowest BCUT2D eigenvalue weighted by Crippen LogP contribution is -2.38. The van der Waals surface area contributed by atoms with E-state index in [-0.39, 0.29) is 19.6 Å². The van der Waals surface area contributed by atoms with E-state index in [0.717, 1.165) is 0 Å². The Labute approximate surface area is 110 Å². The van der Waals surface area contributed by atoms with E-state index in [2.05, 4.69) is 4.72 Å². The molecule has 0 aromatic heterocycles. The van der Waals surface area contributed by atoms with E-state index in [9.17, 15) is 17.2 Å². The third-order valence-corrected chi connectivity index (χ3v) is 3.81. The van der Waals surface area contributed by atoms with Crippen LogP contribution in [0.25, 0.3) is 0 Å². The molecule has 19 heavy (non-hydrogen) atoms. The van der Waals surface area contributed by atoms with E-state index in [4.69, 9.17) is 9.84 Å². The van der Waals surface area contributed by atoms with Gasteiger partial charge in [-0.1, -0.05) is 0 Å². The zero-order valence-electron chi connectivity index (χ0n) is 10.3. The Morgan fingerprint density at radius 2 is 1.89 bits per heavy atom. The predicted octanol–water partition coefficient (Wildman–Crippen LogP) is 0.641. The van der Waals surface area contributed by atoms with Gasteiger partial charge >= 0.3 is 0 Å². The molecule has 1 rings (SSSR count). The van der Waals surface area contributed by atoms with Gasteiger partial charge in [0.15, 0.2) is 0 Å². The van der Waals surface area contributed by atoms with Gasteiger partial charge in [-0.25, -0.2) is 21.9 Å². The van der Waals surface area contributed by atoms with Crippen LogP contribution in [0.2, 0.25) is 0 Å². The molecule has 0 bridgehead atoms. The number of hydrogen-bond donors (Lipinski definition) is 2. The number of methoxy groups -OCH3 is 1. The van der Waals surface area contributed by atoms with Crippen LogP contribution in [-0.2, 0) is 14.8 Å². The second-order valence-electron chi connectivity index (χ2n) is 3.89. The Morgan fingerprint density at radius 1 is 1.32 bits per heavy atom. The molecule has 0 aliphatic heterocycles. The van der Waals surface area contributed by atoms with E-state index in [1.165, 1.54) is 7.11 Å². The van der Waals surface area contributed by atoms with Gasteiger partial charge in [0.25, 0.3) is 0 Å². The van der Waals surface area contributed by atoms with Gasteiger partial charge in [0.05, 0.1) is 11.5 Å². The van der Waals surface area contributed by atoms with Crippen LogP contribution in [0.4, 0.5) is 8.78 Å². The van der Waals surface area contributed by atoms with Crippen LogP contribution in [0.5, 0.6) is 0 Å². The molecule has 0 aliphatic rings. The lowest BCUT2D eigenvalue weighted by Gasteiger charge is -2.17. The van der Waals surface area contributed by atoms with Crippen molar-refractivity contribution in [2.45, 2.75) is 17.4 Å². The SMILES string of the molecule is COCC(CCO)NS(=O)(=O)c1cc(F)cc(F)c1. The summed E-state index contributed by atoms with van der Waals surface area (Å²) in [5.74, 6) is -1.96. The highest BCUT2D eigenvalue weighted by Crippen LogP contribution is 2.14. The quantitative estimate of drug-likeness (QED) is 0.774. The zero-order chi connectivity index (χ0) is 14.5. The minimum atomic E-state index is -4.07. The number of nitrogens with one attached hydrogen (secondary N) is 1. The van der Waals surface area contributed by atoms with Gasteiger partial charge in [0, 0.05) is 25.8 Å². The van der Waals surface area contributed by atoms with Crippen molar-refractivity contribution in [2.75, 3.05) is 20.3 Å². The maximum absolute atomic E-state index is 13.0. The monoisotopic (exact) mass is 295 g/mol. The smallest absolute Gasteiger partial charge is 0.241 e. The van der Waals surface area contributed by atoms with Gasteiger partial charge in [-0.2, -0.15) is 0 Å². The van der Waals surface area contributed by atoms with Gasteiger partial charge in [0.1, 0.15) is 11.6 Å². The first-order chi connectivity index (χ1) is 8.89. The Kier molecular flexibility index (Phi) is 5.80. The number of halogens is 2.